The van der Waals surface area contributed by atoms with Crippen molar-refractivity contribution in [2.75, 3.05) is 18.6 Å². The Labute approximate surface area is 191 Å². The van der Waals surface area contributed by atoms with Gasteiger partial charge in [0.2, 0.25) is 0 Å². The number of alkyl halides is 4. The number of hydrogen-bond donors (Lipinski definition) is 0. The summed E-state index contributed by atoms with van der Waals surface area (Å²) in [5.74, 6) is -1.62. The van der Waals surface area contributed by atoms with Gasteiger partial charge in [-0.3, -0.25) is 4.79 Å². The SMILES string of the molecule is CC([Si]1(C)OCCCC[Si](C)(C)O1)[Si](C)(C)c1cccc(N(C)C(=O)C(F)C(F)(F)F)c1. The standard InChI is InChI=1S/C21H35F4NO3Si3/c1-16(32(7)28-13-8-9-14-30(3,4)29-32)31(5,6)18-12-10-11-17(15-18)26(2)20(27)19(22)21(23,24)25/h10-12,15-16,19H,8-9,13-14H2,1-7H3. The summed E-state index contributed by atoms with van der Waals surface area (Å²) in [7, 11) is -5.49. The Balaban J connectivity index is 2.35. The lowest BCUT2D eigenvalue weighted by Gasteiger charge is -2.46. The van der Waals surface area contributed by atoms with E-state index in [1.807, 2.05) is 6.07 Å². The predicted octanol–water partition coefficient (Wildman–Crippen LogP) is 5.50. The van der Waals surface area contributed by atoms with Crippen LogP contribution < -0.4 is 10.1 Å². The van der Waals surface area contributed by atoms with Crippen LogP contribution in [0.2, 0.25) is 43.9 Å². The molecule has 0 aromatic heterocycles. The predicted molar refractivity (Wildman–Crippen MR) is 128 cm³/mol. The van der Waals surface area contributed by atoms with Gasteiger partial charge >= 0.3 is 14.7 Å². The van der Waals surface area contributed by atoms with E-state index in [1.165, 1.54) is 13.1 Å². The minimum Gasteiger partial charge on any atom is -0.436 e. The quantitative estimate of drug-likeness (QED) is 0.389. The minimum absolute atomic E-state index is 0.153. The van der Waals surface area contributed by atoms with Crippen LogP contribution in [0.15, 0.2) is 24.3 Å². The maximum absolute atomic E-state index is 13.6. The number of amides is 1. The Morgan fingerprint density at radius 2 is 1.81 bits per heavy atom. The summed E-state index contributed by atoms with van der Waals surface area (Å²) in [5, 5.41) is 1.12. The van der Waals surface area contributed by atoms with E-state index in [-0.39, 0.29) is 10.9 Å². The lowest BCUT2D eigenvalue weighted by Crippen LogP contribution is -2.61. The summed E-state index contributed by atoms with van der Waals surface area (Å²) in [4.78, 5) is 12.8. The molecule has 2 rings (SSSR count). The summed E-state index contributed by atoms with van der Waals surface area (Å²) in [6.45, 7) is 13.8. The third-order valence-electron chi connectivity index (χ3n) is 6.72. The van der Waals surface area contributed by atoms with Gasteiger partial charge < -0.3 is 13.4 Å². The molecule has 182 valence electrons. The molecule has 3 unspecified atom stereocenters. The number of halogens is 4. The van der Waals surface area contributed by atoms with Crippen LogP contribution in [0.5, 0.6) is 0 Å². The van der Waals surface area contributed by atoms with Crippen LogP contribution in [-0.2, 0) is 13.3 Å². The first-order chi connectivity index (χ1) is 14.5. The van der Waals surface area contributed by atoms with Crippen molar-refractivity contribution in [2.45, 2.75) is 76.1 Å². The molecule has 4 nitrogen and oxygen atoms in total. The van der Waals surface area contributed by atoms with Gasteiger partial charge in [0.25, 0.3) is 12.1 Å². The number of benzene rings is 1. The lowest BCUT2D eigenvalue weighted by atomic mass is 10.2. The Kier molecular flexibility index (Phi) is 8.24. The summed E-state index contributed by atoms with van der Waals surface area (Å²) in [6.07, 6.45) is -6.65. The summed E-state index contributed by atoms with van der Waals surface area (Å²) in [5.41, 5.74) is 0.244. The zero-order valence-electron chi connectivity index (χ0n) is 20.0. The van der Waals surface area contributed by atoms with Gasteiger partial charge in [-0.15, -0.1) is 0 Å². The minimum atomic E-state index is -5.23. The third kappa shape index (κ3) is 6.10. The van der Waals surface area contributed by atoms with E-state index in [1.54, 1.807) is 12.1 Å². The molecule has 11 heteroatoms. The highest BCUT2D eigenvalue weighted by Gasteiger charge is 2.51. The first-order valence-corrected chi connectivity index (χ1v) is 19.5. The van der Waals surface area contributed by atoms with E-state index in [9.17, 15) is 22.4 Å². The van der Waals surface area contributed by atoms with E-state index >= 15 is 0 Å². The zero-order chi connectivity index (χ0) is 24.5. The highest BCUT2D eigenvalue weighted by Crippen LogP contribution is 2.38. The van der Waals surface area contributed by atoms with Crippen LogP contribution in [0.3, 0.4) is 0 Å². The van der Waals surface area contributed by atoms with E-state index < -0.39 is 43.2 Å². The molecule has 1 aliphatic rings. The van der Waals surface area contributed by atoms with Crippen LogP contribution in [0.4, 0.5) is 23.2 Å². The molecular weight excluding hydrogens is 474 g/mol. The molecular formula is C21H35F4NO3Si3. The average molecular weight is 510 g/mol. The Morgan fingerprint density at radius 1 is 1.19 bits per heavy atom. The van der Waals surface area contributed by atoms with Crippen molar-refractivity contribution in [3.8, 4) is 0 Å². The fourth-order valence-electron chi connectivity index (χ4n) is 4.23. The second-order valence-electron chi connectivity index (χ2n) is 9.98. The van der Waals surface area contributed by atoms with Gasteiger partial charge in [-0.2, -0.15) is 13.2 Å². The molecule has 1 fully saturated rings. The van der Waals surface area contributed by atoms with Crippen molar-refractivity contribution in [3.05, 3.63) is 24.3 Å². The zero-order valence-corrected chi connectivity index (χ0v) is 23.0. The Hall–Kier alpha value is -1.02. The van der Waals surface area contributed by atoms with Crippen molar-refractivity contribution < 1.29 is 30.9 Å². The van der Waals surface area contributed by atoms with Crippen LogP contribution in [-0.4, -0.2) is 56.9 Å². The maximum atomic E-state index is 13.6. The molecule has 3 atom stereocenters. The van der Waals surface area contributed by atoms with Gasteiger partial charge in [0.1, 0.15) is 0 Å². The molecule has 1 saturated heterocycles. The summed E-state index contributed by atoms with van der Waals surface area (Å²) >= 11 is 0. The monoisotopic (exact) mass is 509 g/mol. The maximum Gasteiger partial charge on any atom is 0.428 e. The first-order valence-electron chi connectivity index (χ1n) is 10.9. The van der Waals surface area contributed by atoms with Gasteiger partial charge in [0.15, 0.2) is 8.32 Å². The molecule has 1 amide bonds. The van der Waals surface area contributed by atoms with Crippen molar-refractivity contribution in [3.63, 3.8) is 0 Å². The molecule has 0 radical (unpaired) electrons. The molecule has 1 aromatic rings. The first kappa shape index (κ1) is 27.2. The summed E-state index contributed by atoms with van der Waals surface area (Å²) in [6, 6.07) is 7.98. The van der Waals surface area contributed by atoms with E-state index in [2.05, 4.69) is 39.7 Å². The van der Waals surface area contributed by atoms with E-state index in [0.717, 1.165) is 29.0 Å². The number of carbonyl (C=O) groups excluding carboxylic acids is 1. The van der Waals surface area contributed by atoms with E-state index in [4.69, 9.17) is 8.54 Å². The van der Waals surface area contributed by atoms with E-state index in [0.29, 0.717) is 6.61 Å². The largest absolute Gasteiger partial charge is 0.436 e. The molecule has 32 heavy (non-hydrogen) atoms. The van der Waals surface area contributed by atoms with Gasteiger partial charge in [-0.05, 0) is 49.4 Å². The second-order valence-corrected chi connectivity index (χ2v) is 23.5. The topological polar surface area (TPSA) is 38.8 Å². The molecule has 0 spiro atoms. The number of nitrogens with zero attached hydrogens (tertiary/aromatic N) is 1. The van der Waals surface area contributed by atoms with Crippen LogP contribution in [0.1, 0.15) is 19.8 Å². The molecule has 1 aliphatic heterocycles. The molecule has 0 aliphatic carbocycles. The summed E-state index contributed by atoms with van der Waals surface area (Å²) < 4.78 is 64.9. The Morgan fingerprint density at radius 3 is 2.41 bits per heavy atom. The van der Waals surface area contributed by atoms with Crippen LogP contribution >= 0.6 is 0 Å². The van der Waals surface area contributed by atoms with Crippen molar-refractivity contribution in [2.24, 2.45) is 0 Å². The molecule has 0 bridgehead atoms. The molecule has 0 saturated carbocycles. The third-order valence-corrected chi connectivity index (χ3v) is 22.2. The number of rotatable bonds is 5. The van der Waals surface area contributed by atoms with Crippen molar-refractivity contribution in [1.29, 1.82) is 0 Å². The van der Waals surface area contributed by atoms with Gasteiger partial charge in [0.05, 0.1) is 8.07 Å². The highest BCUT2D eigenvalue weighted by molar-refractivity contribution is 7.02. The van der Waals surface area contributed by atoms with Gasteiger partial charge in [-0.25, -0.2) is 4.39 Å². The number of anilines is 1. The van der Waals surface area contributed by atoms with Crippen molar-refractivity contribution >= 4 is 41.7 Å². The van der Waals surface area contributed by atoms with Crippen LogP contribution in [0, 0.1) is 0 Å². The Bertz CT molecular complexity index is 822. The number of carbonyl (C=O) groups is 1. The van der Waals surface area contributed by atoms with Crippen molar-refractivity contribution in [1.82, 2.24) is 0 Å². The molecule has 0 N–H and O–H groups in total. The highest BCUT2D eigenvalue weighted by atomic mass is 28.5. The smallest absolute Gasteiger partial charge is 0.428 e. The fraction of sp³-hybridized carbons (Fsp3) is 0.667. The molecule has 1 aromatic carbocycles. The normalized spacial score (nSPS) is 24.2. The second kappa shape index (κ2) is 9.69. The number of hydrogen-bond acceptors (Lipinski definition) is 3. The van der Waals surface area contributed by atoms with Crippen LogP contribution in [0.25, 0.3) is 0 Å². The molecule has 1 heterocycles. The average Bonchev–Trinajstić information content (AvgIpc) is 2.69. The van der Waals surface area contributed by atoms with Gasteiger partial charge in [0, 0.05) is 19.3 Å². The fourth-order valence-corrected chi connectivity index (χ4v) is 19.9. The lowest BCUT2D eigenvalue weighted by molar-refractivity contribution is -0.185. The van der Waals surface area contributed by atoms with Gasteiger partial charge in [-0.1, -0.05) is 43.8 Å².